The van der Waals surface area contributed by atoms with Gasteiger partial charge in [-0.3, -0.25) is 0 Å². The zero-order valence-corrected chi connectivity index (χ0v) is 15.9. The molecule has 2 heteroatoms. The predicted octanol–water partition coefficient (Wildman–Crippen LogP) is 6.81. The van der Waals surface area contributed by atoms with E-state index in [4.69, 9.17) is 4.74 Å². The first-order valence-electron chi connectivity index (χ1n) is 9.78. The third kappa shape index (κ3) is 8.72. The highest BCUT2D eigenvalue weighted by atomic mass is 16.5. The van der Waals surface area contributed by atoms with Crippen molar-refractivity contribution >= 4 is 17.6 Å². The van der Waals surface area contributed by atoms with Crippen molar-refractivity contribution in [3.05, 3.63) is 48.6 Å². The quantitative estimate of drug-likeness (QED) is 0.211. The van der Waals surface area contributed by atoms with Gasteiger partial charge in [0, 0.05) is 0 Å². The molecule has 1 aromatic rings. The number of hydrogen-bond donors (Lipinski definition) is 0. The molecule has 0 saturated heterocycles. The van der Waals surface area contributed by atoms with Crippen molar-refractivity contribution in [3.8, 4) is 0 Å². The van der Waals surface area contributed by atoms with E-state index in [0.717, 1.165) is 24.0 Å². The second kappa shape index (κ2) is 13.5. The zero-order valence-electron chi connectivity index (χ0n) is 15.9. The average molecular weight is 343 g/mol. The second-order valence-corrected chi connectivity index (χ2v) is 6.59. The van der Waals surface area contributed by atoms with E-state index in [9.17, 15) is 4.79 Å². The van der Waals surface area contributed by atoms with Crippen LogP contribution in [-0.2, 0) is 9.53 Å². The van der Waals surface area contributed by atoms with Crippen molar-refractivity contribution in [3.63, 3.8) is 0 Å². The lowest BCUT2D eigenvalue weighted by atomic mass is 10.0. The van der Waals surface area contributed by atoms with Crippen LogP contribution in [-0.4, -0.2) is 12.6 Å². The Hall–Kier alpha value is -1.83. The molecule has 0 N–H and O–H groups in total. The molecule has 0 atom stereocenters. The molecule has 0 radical (unpaired) electrons. The van der Waals surface area contributed by atoms with Crippen molar-refractivity contribution in [1.29, 1.82) is 0 Å². The normalized spacial score (nSPS) is 10.4. The van der Waals surface area contributed by atoms with E-state index < -0.39 is 0 Å². The summed E-state index contributed by atoms with van der Waals surface area (Å²) in [5.41, 5.74) is 2.11. The van der Waals surface area contributed by atoms with Crippen LogP contribution >= 0.6 is 0 Å². The highest BCUT2D eigenvalue weighted by molar-refractivity contribution is 6.16. The van der Waals surface area contributed by atoms with Crippen molar-refractivity contribution in [2.45, 2.75) is 71.1 Å². The molecule has 0 amide bonds. The molecule has 25 heavy (non-hydrogen) atoms. The minimum atomic E-state index is -0.328. The Balaban J connectivity index is 2.11. The van der Waals surface area contributed by atoms with E-state index >= 15 is 0 Å². The van der Waals surface area contributed by atoms with E-state index in [1.807, 2.05) is 24.3 Å². The van der Waals surface area contributed by atoms with E-state index in [1.54, 1.807) is 6.08 Å². The van der Waals surface area contributed by atoms with Crippen LogP contribution in [0, 0.1) is 0 Å². The maximum absolute atomic E-state index is 12.1. The first-order chi connectivity index (χ1) is 12.2. The molecule has 0 fully saturated rings. The molecule has 0 aliphatic heterocycles. The SMILES string of the molecule is C=Cc1ccccc1C(=C)C(=O)OCCCCCCCCCCCC. The van der Waals surface area contributed by atoms with E-state index in [-0.39, 0.29) is 5.97 Å². The number of benzene rings is 1. The molecule has 1 rings (SSSR count). The number of unbranched alkanes of at least 4 members (excludes halogenated alkanes) is 9. The Morgan fingerprint density at radius 3 is 2.12 bits per heavy atom. The summed E-state index contributed by atoms with van der Waals surface area (Å²) in [6.07, 6.45) is 14.4. The van der Waals surface area contributed by atoms with Gasteiger partial charge in [-0.15, -0.1) is 0 Å². The summed E-state index contributed by atoms with van der Waals surface area (Å²) >= 11 is 0. The summed E-state index contributed by atoms with van der Waals surface area (Å²) in [6.45, 7) is 10.4. The van der Waals surface area contributed by atoms with Gasteiger partial charge in [-0.05, 0) is 17.5 Å². The Morgan fingerprint density at radius 2 is 1.52 bits per heavy atom. The Morgan fingerprint density at radius 1 is 0.960 bits per heavy atom. The van der Waals surface area contributed by atoms with Gasteiger partial charge in [-0.25, -0.2) is 4.79 Å². The number of esters is 1. The van der Waals surface area contributed by atoms with E-state index in [1.165, 1.54) is 51.4 Å². The van der Waals surface area contributed by atoms with Gasteiger partial charge in [-0.1, -0.05) is 108 Å². The number of hydrogen-bond acceptors (Lipinski definition) is 2. The van der Waals surface area contributed by atoms with Crippen molar-refractivity contribution in [1.82, 2.24) is 0 Å². The lowest BCUT2D eigenvalue weighted by Crippen LogP contribution is -2.08. The average Bonchev–Trinajstić information content (AvgIpc) is 2.65. The number of carbonyl (C=O) groups excluding carboxylic acids is 1. The van der Waals surface area contributed by atoms with Crippen LogP contribution < -0.4 is 0 Å². The standard InChI is InChI=1S/C23H34O2/c1-4-6-7-8-9-10-11-12-13-16-19-25-23(24)20(3)22-18-15-14-17-21(22)5-2/h5,14-15,17-18H,2-4,6-13,16,19H2,1H3. The Bertz CT molecular complexity index is 531. The molecule has 0 bridgehead atoms. The molecule has 0 aliphatic carbocycles. The van der Waals surface area contributed by atoms with Crippen LogP contribution in [0.1, 0.15) is 82.3 Å². The van der Waals surface area contributed by atoms with Gasteiger partial charge in [-0.2, -0.15) is 0 Å². The minimum absolute atomic E-state index is 0.328. The molecule has 0 heterocycles. The van der Waals surface area contributed by atoms with Gasteiger partial charge in [0.2, 0.25) is 0 Å². The summed E-state index contributed by atoms with van der Waals surface area (Å²) < 4.78 is 5.36. The fourth-order valence-electron chi connectivity index (χ4n) is 2.90. The van der Waals surface area contributed by atoms with Crippen LogP contribution in [0.4, 0.5) is 0 Å². The summed E-state index contributed by atoms with van der Waals surface area (Å²) in [4.78, 5) is 12.1. The molecule has 138 valence electrons. The van der Waals surface area contributed by atoms with Gasteiger partial charge in [0.25, 0.3) is 0 Å². The third-order valence-corrected chi connectivity index (χ3v) is 4.48. The zero-order chi connectivity index (χ0) is 18.3. The molecular weight excluding hydrogens is 308 g/mol. The van der Waals surface area contributed by atoms with Crippen LogP contribution in [0.15, 0.2) is 37.4 Å². The van der Waals surface area contributed by atoms with Crippen LogP contribution in [0.3, 0.4) is 0 Å². The van der Waals surface area contributed by atoms with Crippen LogP contribution in [0.2, 0.25) is 0 Å². The molecule has 0 aliphatic rings. The van der Waals surface area contributed by atoms with Gasteiger partial charge >= 0.3 is 5.97 Å². The van der Waals surface area contributed by atoms with Crippen molar-refractivity contribution in [2.24, 2.45) is 0 Å². The Kier molecular flexibility index (Phi) is 11.4. The van der Waals surface area contributed by atoms with E-state index in [2.05, 4.69) is 20.1 Å². The minimum Gasteiger partial charge on any atom is -0.462 e. The van der Waals surface area contributed by atoms with Gasteiger partial charge in [0.15, 0.2) is 0 Å². The Labute approximate surface area is 154 Å². The molecule has 0 aromatic heterocycles. The summed E-state index contributed by atoms with van der Waals surface area (Å²) in [7, 11) is 0. The van der Waals surface area contributed by atoms with Gasteiger partial charge in [0.1, 0.15) is 0 Å². The maximum Gasteiger partial charge on any atom is 0.338 e. The second-order valence-electron chi connectivity index (χ2n) is 6.59. The molecule has 1 aromatic carbocycles. The van der Waals surface area contributed by atoms with Crippen LogP contribution in [0.25, 0.3) is 11.6 Å². The lowest BCUT2D eigenvalue weighted by Gasteiger charge is -2.09. The summed E-state index contributed by atoms with van der Waals surface area (Å²) in [5, 5.41) is 0. The first kappa shape index (κ1) is 21.2. The summed E-state index contributed by atoms with van der Waals surface area (Å²) in [5.74, 6) is -0.328. The number of carbonyl (C=O) groups is 1. The van der Waals surface area contributed by atoms with Gasteiger partial charge < -0.3 is 4.74 Å². The van der Waals surface area contributed by atoms with Crippen molar-refractivity contribution < 1.29 is 9.53 Å². The highest BCUT2D eigenvalue weighted by Gasteiger charge is 2.12. The fraction of sp³-hybridized carbons (Fsp3) is 0.522. The van der Waals surface area contributed by atoms with Crippen molar-refractivity contribution in [2.75, 3.05) is 6.61 Å². The smallest absolute Gasteiger partial charge is 0.338 e. The molecule has 0 unspecified atom stereocenters. The lowest BCUT2D eigenvalue weighted by molar-refractivity contribution is -0.136. The third-order valence-electron chi connectivity index (χ3n) is 4.48. The number of ether oxygens (including phenoxy) is 1. The monoisotopic (exact) mass is 342 g/mol. The topological polar surface area (TPSA) is 26.3 Å². The highest BCUT2D eigenvalue weighted by Crippen LogP contribution is 2.20. The number of rotatable bonds is 14. The molecular formula is C23H34O2. The van der Waals surface area contributed by atoms with Crippen LogP contribution in [0.5, 0.6) is 0 Å². The van der Waals surface area contributed by atoms with Gasteiger partial charge in [0.05, 0.1) is 12.2 Å². The molecule has 0 saturated carbocycles. The molecule has 2 nitrogen and oxygen atoms in total. The van der Waals surface area contributed by atoms with E-state index in [0.29, 0.717) is 12.2 Å². The largest absolute Gasteiger partial charge is 0.462 e. The molecule has 0 spiro atoms. The summed E-state index contributed by atoms with van der Waals surface area (Å²) in [6, 6.07) is 7.61. The maximum atomic E-state index is 12.1. The predicted molar refractivity (Wildman–Crippen MR) is 108 cm³/mol. The first-order valence-corrected chi connectivity index (χ1v) is 9.78. The fourth-order valence-corrected chi connectivity index (χ4v) is 2.90.